The van der Waals surface area contributed by atoms with Crippen LogP contribution in [0.2, 0.25) is 0 Å². The molecule has 1 N–H and O–H groups in total. The highest BCUT2D eigenvalue weighted by Crippen LogP contribution is 2.31. The summed E-state index contributed by atoms with van der Waals surface area (Å²) in [5.41, 5.74) is 1.60. The van der Waals surface area contributed by atoms with Crippen LogP contribution in [0.3, 0.4) is 0 Å². The zero-order valence-corrected chi connectivity index (χ0v) is 16.1. The maximum atomic E-state index is 8.55. The fourth-order valence-electron chi connectivity index (χ4n) is 2.45. The lowest BCUT2D eigenvalue weighted by Gasteiger charge is -2.09. The van der Waals surface area contributed by atoms with Gasteiger partial charge in [-0.1, -0.05) is 0 Å². The van der Waals surface area contributed by atoms with E-state index in [1.807, 2.05) is 24.3 Å². The zero-order valence-electron chi connectivity index (χ0n) is 15.2. The van der Waals surface area contributed by atoms with Crippen LogP contribution in [0, 0.1) is 16.1 Å². The van der Waals surface area contributed by atoms with Crippen LogP contribution in [0.4, 0.5) is 0 Å². The van der Waals surface area contributed by atoms with Gasteiger partial charge in [-0.05, 0) is 60.2 Å². The number of aromatic amines is 1. The molecule has 0 unspecified atom stereocenters. The average molecular weight is 395 g/mol. The molecule has 0 amide bonds. The molecule has 0 atom stereocenters. The second kappa shape index (κ2) is 8.83. The number of rotatable bonds is 7. The van der Waals surface area contributed by atoms with Crippen molar-refractivity contribution in [1.82, 2.24) is 14.9 Å². The molecule has 0 bridgehead atoms. The number of hydrogen-bond donors (Lipinski definition) is 1. The van der Waals surface area contributed by atoms with Crippen LogP contribution in [-0.2, 0) is 0 Å². The number of hydrogen-bond acceptors (Lipinski definition) is 7. The van der Waals surface area contributed by atoms with Gasteiger partial charge in [0.2, 0.25) is 4.77 Å². The summed E-state index contributed by atoms with van der Waals surface area (Å²) in [7, 11) is 3.15. The van der Waals surface area contributed by atoms with Gasteiger partial charge in [0.15, 0.2) is 23.9 Å². The Kier molecular flexibility index (Phi) is 6.04. The highest BCUT2D eigenvalue weighted by atomic mass is 32.1. The molecule has 0 saturated heterocycles. The standard InChI is InChI=1S/C19H17N5O3S/c1-25-16-8-5-14(11-17(16)26-2)18-22-23-19(28)24(18)21-12-13-3-6-15(7-4-13)27-10-9-20/h3-8,11-12H,10H2,1-2H3,(H,23,28)/b21-12-. The number of nitriles is 1. The van der Waals surface area contributed by atoms with Gasteiger partial charge in [-0.15, -0.1) is 0 Å². The van der Waals surface area contributed by atoms with Crippen LogP contribution in [0.25, 0.3) is 11.4 Å². The molecule has 9 heteroatoms. The van der Waals surface area contributed by atoms with Crippen molar-refractivity contribution in [3.63, 3.8) is 0 Å². The van der Waals surface area contributed by atoms with Crippen LogP contribution in [-0.4, -0.2) is 41.9 Å². The Bertz CT molecular complexity index is 1080. The molecule has 142 valence electrons. The van der Waals surface area contributed by atoms with Gasteiger partial charge in [0.25, 0.3) is 0 Å². The Labute approximate surface area is 166 Å². The first-order valence-corrected chi connectivity index (χ1v) is 8.61. The van der Waals surface area contributed by atoms with Gasteiger partial charge in [0, 0.05) is 5.56 Å². The molecular weight excluding hydrogens is 378 g/mol. The van der Waals surface area contributed by atoms with Gasteiger partial charge < -0.3 is 14.2 Å². The van der Waals surface area contributed by atoms with Gasteiger partial charge >= 0.3 is 0 Å². The summed E-state index contributed by atoms with van der Waals surface area (Å²) in [5, 5.41) is 20.0. The molecule has 28 heavy (non-hydrogen) atoms. The second-order valence-electron chi connectivity index (χ2n) is 5.49. The number of nitrogens with one attached hydrogen (secondary N) is 1. The second-order valence-corrected chi connectivity index (χ2v) is 5.88. The van der Waals surface area contributed by atoms with Crippen molar-refractivity contribution >= 4 is 18.4 Å². The van der Waals surface area contributed by atoms with Crippen molar-refractivity contribution in [1.29, 1.82) is 5.26 Å². The molecule has 0 spiro atoms. The number of nitrogens with zero attached hydrogens (tertiary/aromatic N) is 4. The van der Waals surface area contributed by atoms with E-state index in [1.165, 1.54) is 4.68 Å². The van der Waals surface area contributed by atoms with Crippen molar-refractivity contribution in [3.8, 4) is 34.7 Å². The summed E-state index contributed by atoms with van der Waals surface area (Å²) < 4.78 is 17.7. The lowest BCUT2D eigenvalue weighted by Crippen LogP contribution is -1.97. The molecule has 0 aliphatic carbocycles. The zero-order chi connectivity index (χ0) is 19.9. The molecule has 1 heterocycles. The van der Waals surface area contributed by atoms with Crippen molar-refractivity contribution in [3.05, 3.63) is 52.8 Å². The minimum atomic E-state index is 0.00625. The molecule has 0 saturated carbocycles. The van der Waals surface area contributed by atoms with Gasteiger partial charge in [-0.3, -0.25) is 0 Å². The third kappa shape index (κ3) is 4.19. The minimum Gasteiger partial charge on any atom is -0.493 e. The van der Waals surface area contributed by atoms with E-state index in [4.69, 9.17) is 31.7 Å². The van der Waals surface area contributed by atoms with E-state index in [9.17, 15) is 0 Å². The van der Waals surface area contributed by atoms with Gasteiger partial charge in [-0.2, -0.15) is 20.1 Å². The number of ether oxygens (including phenoxy) is 3. The van der Waals surface area contributed by atoms with Crippen molar-refractivity contribution in [2.45, 2.75) is 0 Å². The number of benzene rings is 2. The molecule has 1 aromatic heterocycles. The van der Waals surface area contributed by atoms with E-state index in [2.05, 4.69) is 15.3 Å². The van der Waals surface area contributed by atoms with Crippen molar-refractivity contribution in [2.75, 3.05) is 20.8 Å². The molecule has 3 rings (SSSR count). The average Bonchev–Trinajstić information content (AvgIpc) is 3.11. The van der Waals surface area contributed by atoms with E-state index in [-0.39, 0.29) is 6.61 Å². The van der Waals surface area contributed by atoms with Gasteiger partial charge in [0.1, 0.15) is 11.8 Å². The molecule has 0 aliphatic rings. The maximum Gasteiger partial charge on any atom is 0.216 e. The van der Waals surface area contributed by atoms with Crippen LogP contribution in [0.5, 0.6) is 17.2 Å². The first-order chi connectivity index (χ1) is 13.7. The van der Waals surface area contributed by atoms with E-state index < -0.39 is 0 Å². The van der Waals surface area contributed by atoms with Gasteiger partial charge in [-0.25, -0.2) is 5.10 Å². The maximum absolute atomic E-state index is 8.55. The topological polar surface area (TPSA) is 97.5 Å². The van der Waals surface area contributed by atoms with E-state index in [1.54, 1.807) is 44.7 Å². The number of H-pyrrole nitrogens is 1. The first-order valence-electron chi connectivity index (χ1n) is 8.20. The Morgan fingerprint density at radius 1 is 1.18 bits per heavy atom. The summed E-state index contributed by atoms with van der Waals surface area (Å²) in [6.07, 6.45) is 1.66. The van der Waals surface area contributed by atoms with Crippen LogP contribution < -0.4 is 14.2 Å². The Morgan fingerprint density at radius 3 is 2.61 bits per heavy atom. The highest BCUT2D eigenvalue weighted by molar-refractivity contribution is 7.71. The largest absolute Gasteiger partial charge is 0.493 e. The van der Waals surface area contributed by atoms with Crippen molar-refractivity contribution < 1.29 is 14.2 Å². The molecule has 2 aromatic carbocycles. The smallest absolute Gasteiger partial charge is 0.216 e. The Hall–Kier alpha value is -3.64. The lowest BCUT2D eigenvalue weighted by atomic mass is 10.2. The quantitative estimate of drug-likeness (QED) is 0.486. The van der Waals surface area contributed by atoms with E-state index >= 15 is 0 Å². The first kappa shape index (κ1) is 19.1. The third-order valence-electron chi connectivity index (χ3n) is 3.80. The minimum absolute atomic E-state index is 0.00625. The summed E-state index contributed by atoms with van der Waals surface area (Å²) >= 11 is 5.29. The monoisotopic (exact) mass is 395 g/mol. The molecule has 0 fully saturated rings. The van der Waals surface area contributed by atoms with Crippen LogP contribution in [0.1, 0.15) is 5.56 Å². The fourth-order valence-corrected chi connectivity index (χ4v) is 2.63. The van der Waals surface area contributed by atoms with Crippen molar-refractivity contribution in [2.24, 2.45) is 5.10 Å². The normalized spacial score (nSPS) is 10.6. The summed E-state index contributed by atoms with van der Waals surface area (Å²) in [5.74, 6) is 2.35. The predicted molar refractivity (Wildman–Crippen MR) is 106 cm³/mol. The molecule has 3 aromatic rings. The molecule has 0 aliphatic heterocycles. The fraction of sp³-hybridized carbons (Fsp3) is 0.158. The van der Waals surface area contributed by atoms with E-state index in [0.717, 1.165) is 11.1 Å². The summed E-state index contributed by atoms with van der Waals surface area (Å²) in [6, 6.07) is 14.6. The van der Waals surface area contributed by atoms with E-state index in [0.29, 0.717) is 27.8 Å². The van der Waals surface area contributed by atoms with Gasteiger partial charge in [0.05, 0.1) is 20.4 Å². The Balaban J connectivity index is 1.88. The predicted octanol–water partition coefficient (Wildman–Crippen LogP) is 3.41. The third-order valence-corrected chi connectivity index (χ3v) is 4.06. The van der Waals surface area contributed by atoms with Crippen LogP contribution >= 0.6 is 12.2 Å². The highest BCUT2D eigenvalue weighted by Gasteiger charge is 2.12. The molecule has 8 nitrogen and oxygen atoms in total. The number of aromatic nitrogens is 3. The summed E-state index contributed by atoms with van der Waals surface area (Å²) in [6.45, 7) is 0.00625. The van der Waals surface area contributed by atoms with Crippen LogP contribution in [0.15, 0.2) is 47.6 Å². The Morgan fingerprint density at radius 2 is 1.93 bits per heavy atom. The summed E-state index contributed by atoms with van der Waals surface area (Å²) in [4.78, 5) is 0. The lowest BCUT2D eigenvalue weighted by molar-refractivity contribution is 0.355. The number of methoxy groups -OCH3 is 2. The molecule has 0 radical (unpaired) electrons. The SMILES string of the molecule is COc1ccc(-c2n[nH]c(=S)n2/N=C\c2ccc(OCC#N)cc2)cc1OC. The molecular formula is C19H17N5O3S.